The highest BCUT2D eigenvalue weighted by Crippen LogP contribution is 2.39. The molecule has 2 nitrogen and oxygen atoms in total. The van der Waals surface area contributed by atoms with E-state index in [9.17, 15) is 13.2 Å². The Morgan fingerprint density at radius 2 is 2.00 bits per heavy atom. The third-order valence-corrected chi connectivity index (χ3v) is 2.34. The van der Waals surface area contributed by atoms with Gasteiger partial charge in [0.25, 0.3) is 0 Å². The molecule has 0 aliphatic heterocycles. The van der Waals surface area contributed by atoms with E-state index in [0.29, 0.717) is 0 Å². The summed E-state index contributed by atoms with van der Waals surface area (Å²) in [5.41, 5.74) is 5.52. The zero-order chi connectivity index (χ0) is 10.3. The van der Waals surface area contributed by atoms with Gasteiger partial charge in [-0.1, -0.05) is 6.07 Å². The van der Waals surface area contributed by atoms with E-state index >= 15 is 0 Å². The van der Waals surface area contributed by atoms with Crippen LogP contribution in [0.2, 0.25) is 0 Å². The van der Waals surface area contributed by atoms with Crippen LogP contribution in [0.1, 0.15) is 23.6 Å². The van der Waals surface area contributed by atoms with Gasteiger partial charge in [0, 0.05) is 18.2 Å². The Balaban J connectivity index is 2.18. The van der Waals surface area contributed by atoms with Gasteiger partial charge in [0.2, 0.25) is 0 Å². The van der Waals surface area contributed by atoms with Crippen LogP contribution in [0.4, 0.5) is 13.2 Å². The van der Waals surface area contributed by atoms with Crippen LogP contribution in [0.15, 0.2) is 18.3 Å². The van der Waals surface area contributed by atoms with Crippen LogP contribution in [0, 0.1) is 0 Å². The van der Waals surface area contributed by atoms with Gasteiger partial charge in [-0.3, -0.25) is 4.98 Å². The van der Waals surface area contributed by atoms with Crippen molar-refractivity contribution >= 4 is 0 Å². The number of pyridine rings is 1. The highest BCUT2D eigenvalue weighted by Gasteiger charge is 2.36. The number of rotatable bonds is 1. The number of aromatic nitrogens is 1. The minimum absolute atomic E-state index is 0.0912. The van der Waals surface area contributed by atoms with Crippen molar-refractivity contribution in [3.8, 4) is 0 Å². The number of alkyl halides is 3. The predicted octanol–water partition coefficient (Wildman–Crippen LogP) is 1.91. The lowest BCUT2D eigenvalue weighted by Gasteiger charge is -2.05. The van der Waals surface area contributed by atoms with E-state index in [0.717, 1.165) is 18.1 Å². The largest absolute Gasteiger partial charge is 0.433 e. The van der Waals surface area contributed by atoms with E-state index in [-0.39, 0.29) is 12.0 Å². The second kappa shape index (κ2) is 2.95. The van der Waals surface area contributed by atoms with Crippen molar-refractivity contribution < 1.29 is 13.2 Å². The normalized spacial score (nSPS) is 26.3. The first-order chi connectivity index (χ1) is 6.48. The Bertz CT molecular complexity index is 331. The van der Waals surface area contributed by atoms with Crippen LogP contribution < -0.4 is 5.73 Å². The third kappa shape index (κ3) is 1.72. The van der Waals surface area contributed by atoms with Crippen LogP contribution in [-0.2, 0) is 6.18 Å². The van der Waals surface area contributed by atoms with Crippen molar-refractivity contribution in [3.05, 3.63) is 29.6 Å². The molecule has 5 heteroatoms. The standard InChI is InChI=1S/C9H9F3N2/c10-9(11,12)8-2-1-5(4-14-8)6-3-7(6)13/h1-2,4,6-7H,3,13H2/t6-,7+/m0/s1. The summed E-state index contributed by atoms with van der Waals surface area (Å²) in [6.07, 6.45) is -2.25. The molecular formula is C9H9F3N2. The van der Waals surface area contributed by atoms with Crippen LogP contribution in [-0.4, -0.2) is 11.0 Å². The van der Waals surface area contributed by atoms with Crippen molar-refractivity contribution in [2.75, 3.05) is 0 Å². The maximum Gasteiger partial charge on any atom is 0.433 e. The minimum Gasteiger partial charge on any atom is -0.327 e. The number of nitrogens with zero attached hydrogens (tertiary/aromatic N) is 1. The molecule has 1 fully saturated rings. The van der Waals surface area contributed by atoms with Crippen molar-refractivity contribution in [2.45, 2.75) is 24.6 Å². The predicted molar refractivity (Wildman–Crippen MR) is 44.6 cm³/mol. The monoisotopic (exact) mass is 202 g/mol. The van der Waals surface area contributed by atoms with Crippen LogP contribution >= 0.6 is 0 Å². The maximum atomic E-state index is 12.1. The van der Waals surface area contributed by atoms with Gasteiger partial charge in [-0.2, -0.15) is 13.2 Å². The summed E-state index contributed by atoms with van der Waals surface area (Å²) in [7, 11) is 0. The average Bonchev–Trinajstić information content (AvgIpc) is 2.81. The fourth-order valence-corrected chi connectivity index (χ4v) is 1.39. The number of nitrogens with two attached hydrogens (primary N) is 1. The number of hydrogen-bond donors (Lipinski definition) is 1. The van der Waals surface area contributed by atoms with E-state index in [1.54, 1.807) is 0 Å². The molecular weight excluding hydrogens is 193 g/mol. The average molecular weight is 202 g/mol. The molecule has 1 aliphatic rings. The molecule has 1 aromatic heterocycles. The molecule has 0 unspecified atom stereocenters. The van der Waals surface area contributed by atoms with Gasteiger partial charge >= 0.3 is 6.18 Å². The zero-order valence-corrected chi connectivity index (χ0v) is 7.25. The second-order valence-corrected chi connectivity index (χ2v) is 3.48. The Morgan fingerprint density at radius 3 is 2.36 bits per heavy atom. The first-order valence-corrected chi connectivity index (χ1v) is 4.27. The van der Waals surface area contributed by atoms with Crippen molar-refractivity contribution in [2.24, 2.45) is 5.73 Å². The summed E-state index contributed by atoms with van der Waals surface area (Å²) in [4.78, 5) is 3.37. The Labute approximate surface area is 78.9 Å². The quantitative estimate of drug-likeness (QED) is 0.755. The van der Waals surface area contributed by atoms with Crippen molar-refractivity contribution in [3.63, 3.8) is 0 Å². The fraction of sp³-hybridized carbons (Fsp3) is 0.444. The molecule has 2 rings (SSSR count). The Morgan fingerprint density at radius 1 is 1.36 bits per heavy atom. The van der Waals surface area contributed by atoms with E-state index in [2.05, 4.69) is 4.98 Å². The molecule has 2 atom stereocenters. The zero-order valence-electron chi connectivity index (χ0n) is 7.25. The lowest BCUT2D eigenvalue weighted by molar-refractivity contribution is -0.141. The van der Waals surface area contributed by atoms with Gasteiger partial charge < -0.3 is 5.73 Å². The number of halogens is 3. The summed E-state index contributed by atoms with van der Waals surface area (Å²) < 4.78 is 36.4. The highest BCUT2D eigenvalue weighted by molar-refractivity contribution is 5.26. The lowest BCUT2D eigenvalue weighted by atomic mass is 10.1. The molecule has 14 heavy (non-hydrogen) atoms. The van der Waals surface area contributed by atoms with Gasteiger partial charge in [0.05, 0.1) is 0 Å². The molecule has 0 spiro atoms. The van der Waals surface area contributed by atoms with Gasteiger partial charge in [0.1, 0.15) is 5.69 Å². The van der Waals surface area contributed by atoms with Gasteiger partial charge in [0.15, 0.2) is 0 Å². The SMILES string of the molecule is N[C@@H]1C[C@H]1c1ccc(C(F)(F)F)nc1. The lowest BCUT2D eigenvalue weighted by Crippen LogP contribution is -2.08. The smallest absolute Gasteiger partial charge is 0.327 e. The molecule has 0 bridgehead atoms. The van der Waals surface area contributed by atoms with Gasteiger partial charge in [-0.25, -0.2) is 0 Å². The van der Waals surface area contributed by atoms with E-state index in [1.165, 1.54) is 12.3 Å². The maximum absolute atomic E-state index is 12.1. The fourth-order valence-electron chi connectivity index (χ4n) is 1.39. The van der Waals surface area contributed by atoms with Crippen LogP contribution in [0.5, 0.6) is 0 Å². The highest BCUT2D eigenvalue weighted by atomic mass is 19.4. The summed E-state index contributed by atoms with van der Waals surface area (Å²) in [6.45, 7) is 0. The Kier molecular flexibility index (Phi) is 1.99. The van der Waals surface area contributed by atoms with E-state index in [4.69, 9.17) is 5.73 Å². The molecule has 1 aliphatic carbocycles. The summed E-state index contributed by atoms with van der Waals surface area (Å²) in [5, 5.41) is 0. The third-order valence-electron chi connectivity index (χ3n) is 2.34. The molecule has 0 radical (unpaired) electrons. The molecule has 2 N–H and O–H groups in total. The topological polar surface area (TPSA) is 38.9 Å². The molecule has 0 amide bonds. The van der Waals surface area contributed by atoms with E-state index in [1.807, 2.05) is 0 Å². The molecule has 1 saturated carbocycles. The van der Waals surface area contributed by atoms with Crippen LogP contribution in [0.3, 0.4) is 0 Å². The number of hydrogen-bond acceptors (Lipinski definition) is 2. The summed E-state index contributed by atoms with van der Waals surface area (Å²) in [6, 6.07) is 2.54. The minimum atomic E-state index is -4.36. The Hall–Kier alpha value is -1.10. The molecule has 76 valence electrons. The van der Waals surface area contributed by atoms with Crippen LogP contribution in [0.25, 0.3) is 0 Å². The second-order valence-electron chi connectivity index (χ2n) is 3.48. The molecule has 0 saturated heterocycles. The van der Waals surface area contributed by atoms with Crippen molar-refractivity contribution in [1.29, 1.82) is 0 Å². The first-order valence-electron chi connectivity index (χ1n) is 4.27. The van der Waals surface area contributed by atoms with Crippen molar-refractivity contribution in [1.82, 2.24) is 4.98 Å². The van der Waals surface area contributed by atoms with Gasteiger partial charge in [-0.15, -0.1) is 0 Å². The van der Waals surface area contributed by atoms with Gasteiger partial charge in [-0.05, 0) is 18.1 Å². The molecule has 1 heterocycles. The van der Waals surface area contributed by atoms with E-state index < -0.39 is 11.9 Å². The summed E-state index contributed by atoms with van der Waals surface area (Å²) >= 11 is 0. The summed E-state index contributed by atoms with van der Waals surface area (Å²) in [5.74, 6) is 0.199. The molecule has 1 aromatic rings. The first kappa shape index (κ1) is 9.45. The molecule has 0 aromatic carbocycles.